The van der Waals surface area contributed by atoms with Gasteiger partial charge in [0, 0.05) is 23.2 Å². The molecule has 2 heterocycles. The molecule has 1 amide bonds. The zero-order valence-electron chi connectivity index (χ0n) is 20.6. The summed E-state index contributed by atoms with van der Waals surface area (Å²) in [4.78, 5) is 19.7. The van der Waals surface area contributed by atoms with Crippen LogP contribution < -0.4 is 16.4 Å². The van der Waals surface area contributed by atoms with Crippen LogP contribution in [0.3, 0.4) is 0 Å². The summed E-state index contributed by atoms with van der Waals surface area (Å²) in [5, 5.41) is 7.21. The van der Waals surface area contributed by atoms with Gasteiger partial charge in [-0.05, 0) is 81.8 Å². The number of hydrogen-bond acceptors (Lipinski definition) is 6. The van der Waals surface area contributed by atoms with Crippen molar-refractivity contribution in [3.8, 4) is 0 Å². The molecule has 1 aromatic carbocycles. The standard InChI is InChI=1S/C16H24N2O.C10H17N3S/c1-3-9-18(10-4-2)11-8-13-6-5-7-15-14(13)12-16(19)17-15;1-2-5-12-7-3-4-8-9(6-7)14-10(11)13-8/h5-7H,3-4,8-12H2,1-2H3,(H,17,19);7,12H,2-6H2,1H3,(H2,11,13)/t;7-/m.0/s1. The van der Waals surface area contributed by atoms with Crippen molar-refractivity contribution < 1.29 is 4.79 Å². The number of nitrogens with one attached hydrogen (secondary N) is 2. The first-order chi connectivity index (χ1) is 16.0. The zero-order valence-corrected chi connectivity index (χ0v) is 21.4. The molecule has 4 rings (SSSR count). The minimum Gasteiger partial charge on any atom is -0.375 e. The van der Waals surface area contributed by atoms with Crippen LogP contribution in [0.1, 0.15) is 68.2 Å². The molecule has 182 valence electrons. The summed E-state index contributed by atoms with van der Waals surface area (Å²) in [6.45, 7) is 11.2. The Morgan fingerprint density at radius 1 is 1.18 bits per heavy atom. The molecule has 0 unspecified atom stereocenters. The molecule has 0 saturated carbocycles. The van der Waals surface area contributed by atoms with E-state index in [1.165, 1.54) is 60.5 Å². The third kappa shape index (κ3) is 7.52. The summed E-state index contributed by atoms with van der Waals surface area (Å²) in [7, 11) is 0. The van der Waals surface area contributed by atoms with Crippen LogP contribution >= 0.6 is 11.3 Å². The van der Waals surface area contributed by atoms with Crippen LogP contribution in [0.4, 0.5) is 10.8 Å². The van der Waals surface area contributed by atoms with Crippen LogP contribution in [0.25, 0.3) is 0 Å². The number of aromatic nitrogens is 1. The lowest BCUT2D eigenvalue weighted by Gasteiger charge is -2.21. The van der Waals surface area contributed by atoms with E-state index in [2.05, 4.69) is 47.4 Å². The van der Waals surface area contributed by atoms with Crippen molar-refractivity contribution in [3.05, 3.63) is 39.9 Å². The average molecular weight is 472 g/mol. The SMILES string of the molecule is CCCN(CCC)CCc1cccc2c1CC(=O)N2.CCCN[C@H]1CCc2nc(N)sc2C1. The van der Waals surface area contributed by atoms with Gasteiger partial charge in [0.2, 0.25) is 5.91 Å². The maximum absolute atomic E-state index is 11.5. The lowest BCUT2D eigenvalue weighted by Crippen LogP contribution is -2.34. The van der Waals surface area contributed by atoms with E-state index in [-0.39, 0.29) is 5.91 Å². The van der Waals surface area contributed by atoms with Crippen LogP contribution in [0.5, 0.6) is 0 Å². The molecular weight excluding hydrogens is 430 g/mol. The van der Waals surface area contributed by atoms with Gasteiger partial charge in [0.05, 0.1) is 12.1 Å². The van der Waals surface area contributed by atoms with Gasteiger partial charge in [-0.1, -0.05) is 32.9 Å². The number of nitrogens with zero attached hydrogens (tertiary/aromatic N) is 2. The quantitative estimate of drug-likeness (QED) is 0.477. The molecular formula is C26H41N5OS. The smallest absolute Gasteiger partial charge is 0.228 e. The number of nitrogen functional groups attached to an aromatic ring is 1. The summed E-state index contributed by atoms with van der Waals surface area (Å²) in [6.07, 6.45) is 8.60. The highest BCUT2D eigenvalue weighted by Gasteiger charge is 2.21. The largest absolute Gasteiger partial charge is 0.375 e. The number of carbonyl (C=O) groups is 1. The van der Waals surface area contributed by atoms with E-state index in [4.69, 9.17) is 5.73 Å². The summed E-state index contributed by atoms with van der Waals surface area (Å²) in [5.74, 6) is 0.126. The Balaban J connectivity index is 0.000000194. The molecule has 1 aliphatic heterocycles. The summed E-state index contributed by atoms with van der Waals surface area (Å²) in [5.41, 5.74) is 10.5. The second kappa shape index (κ2) is 13.1. The van der Waals surface area contributed by atoms with Crippen molar-refractivity contribution >= 4 is 28.1 Å². The minimum absolute atomic E-state index is 0.126. The molecule has 0 fully saturated rings. The predicted octanol–water partition coefficient (Wildman–Crippen LogP) is 4.43. The van der Waals surface area contributed by atoms with Gasteiger partial charge in [-0.2, -0.15) is 0 Å². The summed E-state index contributed by atoms with van der Waals surface area (Å²) >= 11 is 1.65. The van der Waals surface area contributed by atoms with Gasteiger partial charge in [0.15, 0.2) is 5.13 Å². The van der Waals surface area contributed by atoms with Crippen LogP contribution in [-0.2, 0) is 30.5 Å². The van der Waals surface area contributed by atoms with E-state index in [0.29, 0.717) is 12.5 Å². The van der Waals surface area contributed by atoms with E-state index in [9.17, 15) is 4.79 Å². The molecule has 2 aromatic rings. The minimum atomic E-state index is 0.126. The molecule has 0 spiro atoms. The number of anilines is 2. The molecule has 0 radical (unpaired) electrons. The molecule has 33 heavy (non-hydrogen) atoms. The Morgan fingerprint density at radius 3 is 2.70 bits per heavy atom. The second-order valence-corrected chi connectivity index (χ2v) is 10.2. The molecule has 7 heteroatoms. The molecule has 6 nitrogen and oxygen atoms in total. The number of rotatable bonds is 10. The number of amides is 1. The Morgan fingerprint density at radius 2 is 1.97 bits per heavy atom. The molecule has 0 bridgehead atoms. The summed E-state index contributed by atoms with van der Waals surface area (Å²) < 4.78 is 0. The Hall–Kier alpha value is -1.96. The number of aryl methyl sites for hydroxylation is 1. The number of nitrogens with two attached hydrogens (primary N) is 1. The Bertz CT molecular complexity index is 891. The molecule has 1 aliphatic carbocycles. The first-order valence-corrected chi connectivity index (χ1v) is 13.5. The maximum atomic E-state index is 11.5. The van der Waals surface area contributed by atoms with Crippen LogP contribution in [0.15, 0.2) is 18.2 Å². The highest BCUT2D eigenvalue weighted by molar-refractivity contribution is 7.15. The highest BCUT2D eigenvalue weighted by Crippen LogP contribution is 2.28. The number of carbonyl (C=O) groups excluding carboxylic acids is 1. The molecule has 0 saturated heterocycles. The monoisotopic (exact) mass is 471 g/mol. The lowest BCUT2D eigenvalue weighted by atomic mass is 9.98. The number of thiazole rings is 1. The van der Waals surface area contributed by atoms with Gasteiger partial charge in [-0.3, -0.25) is 4.79 Å². The van der Waals surface area contributed by atoms with Crippen molar-refractivity contribution in [2.24, 2.45) is 0 Å². The lowest BCUT2D eigenvalue weighted by molar-refractivity contribution is -0.115. The zero-order chi connectivity index (χ0) is 23.6. The van der Waals surface area contributed by atoms with Crippen molar-refractivity contribution in [3.63, 3.8) is 0 Å². The molecule has 4 N–H and O–H groups in total. The van der Waals surface area contributed by atoms with Crippen molar-refractivity contribution in [2.75, 3.05) is 37.2 Å². The van der Waals surface area contributed by atoms with Gasteiger partial charge in [0.25, 0.3) is 0 Å². The second-order valence-electron chi connectivity index (χ2n) is 9.08. The number of benzene rings is 1. The van der Waals surface area contributed by atoms with Crippen molar-refractivity contribution in [2.45, 2.75) is 78.2 Å². The van der Waals surface area contributed by atoms with Crippen LogP contribution in [0.2, 0.25) is 0 Å². The fraction of sp³-hybridized carbons (Fsp3) is 0.615. The normalized spacial score (nSPS) is 16.7. The third-order valence-electron chi connectivity index (χ3n) is 6.30. The Kier molecular flexibility index (Phi) is 10.2. The Labute approximate surface area is 203 Å². The molecule has 2 aliphatic rings. The maximum Gasteiger partial charge on any atom is 0.228 e. The van der Waals surface area contributed by atoms with Crippen LogP contribution in [0, 0.1) is 0 Å². The van der Waals surface area contributed by atoms with Gasteiger partial charge in [-0.25, -0.2) is 4.98 Å². The molecule has 1 atom stereocenters. The predicted molar refractivity (Wildman–Crippen MR) is 140 cm³/mol. The fourth-order valence-electron chi connectivity index (χ4n) is 4.71. The molecule has 1 aromatic heterocycles. The van der Waals surface area contributed by atoms with Gasteiger partial charge < -0.3 is 21.3 Å². The van der Waals surface area contributed by atoms with Crippen molar-refractivity contribution in [1.82, 2.24) is 15.2 Å². The van der Waals surface area contributed by atoms with E-state index < -0.39 is 0 Å². The first-order valence-electron chi connectivity index (χ1n) is 12.6. The van der Waals surface area contributed by atoms with Gasteiger partial charge in [0.1, 0.15) is 0 Å². The van der Waals surface area contributed by atoms with Crippen LogP contribution in [-0.4, -0.2) is 48.0 Å². The third-order valence-corrected chi connectivity index (χ3v) is 7.25. The van der Waals surface area contributed by atoms with E-state index in [0.717, 1.165) is 43.2 Å². The summed E-state index contributed by atoms with van der Waals surface area (Å²) in [6, 6.07) is 6.85. The van der Waals surface area contributed by atoms with Gasteiger partial charge >= 0.3 is 0 Å². The van der Waals surface area contributed by atoms with Gasteiger partial charge in [-0.15, -0.1) is 11.3 Å². The number of fused-ring (bicyclic) bond motifs is 2. The highest BCUT2D eigenvalue weighted by atomic mass is 32.1. The van der Waals surface area contributed by atoms with E-state index in [1.807, 2.05) is 12.1 Å². The number of hydrogen-bond donors (Lipinski definition) is 3. The first kappa shape index (κ1) is 25.7. The van der Waals surface area contributed by atoms with E-state index >= 15 is 0 Å². The average Bonchev–Trinajstić information content (AvgIpc) is 3.37. The van der Waals surface area contributed by atoms with E-state index in [1.54, 1.807) is 11.3 Å². The van der Waals surface area contributed by atoms with Crippen molar-refractivity contribution in [1.29, 1.82) is 0 Å². The topological polar surface area (TPSA) is 83.3 Å². The fourth-order valence-corrected chi connectivity index (χ4v) is 5.67.